The van der Waals surface area contributed by atoms with Crippen LogP contribution < -0.4 is 9.64 Å². The Balaban J connectivity index is 1.23. The topological polar surface area (TPSA) is 71.0 Å². The molecule has 4 heterocycles. The number of nitrogens with zero attached hydrogens (tertiary/aromatic N) is 4. The SMILES string of the molecule is CCC1CCCC(C)CN1c1nc(OCC2(CN3C4CCC3COC4)CCC2)nc2c(F)c(-c3cc(O)cc4ccccc34)c(Cl)cc12. The van der Waals surface area contributed by atoms with E-state index in [4.69, 9.17) is 31.0 Å². The average molecular weight is 673 g/mol. The molecule has 4 unspecified atom stereocenters. The third-order valence-electron chi connectivity index (χ3n) is 11.7. The first-order valence-corrected chi connectivity index (χ1v) is 18.3. The van der Waals surface area contributed by atoms with Gasteiger partial charge in [-0.3, -0.25) is 4.90 Å². The second kappa shape index (κ2) is 12.9. The number of hydrogen-bond acceptors (Lipinski definition) is 7. The molecule has 4 atom stereocenters. The molecular formula is C39H46ClFN4O3. The Morgan fingerprint density at radius 2 is 1.81 bits per heavy atom. The Bertz CT molecular complexity index is 1820. The summed E-state index contributed by atoms with van der Waals surface area (Å²) in [5.41, 5.74) is 0.981. The van der Waals surface area contributed by atoms with Crippen LogP contribution in [0.5, 0.6) is 11.8 Å². The molecule has 1 N–H and O–H groups in total. The van der Waals surface area contributed by atoms with Crippen molar-refractivity contribution in [2.45, 2.75) is 89.8 Å². The molecule has 0 radical (unpaired) electrons. The van der Waals surface area contributed by atoms with Crippen LogP contribution in [-0.4, -0.2) is 71.0 Å². The van der Waals surface area contributed by atoms with Gasteiger partial charge in [-0.25, -0.2) is 4.39 Å². The van der Waals surface area contributed by atoms with Crippen molar-refractivity contribution in [2.24, 2.45) is 11.3 Å². The number of phenols is 1. The average Bonchev–Trinajstić information content (AvgIpc) is 3.20. The van der Waals surface area contributed by atoms with Crippen LogP contribution in [0.25, 0.3) is 32.8 Å². The molecule has 1 aliphatic carbocycles. The summed E-state index contributed by atoms with van der Waals surface area (Å²) < 4.78 is 29.6. The van der Waals surface area contributed by atoms with E-state index in [1.165, 1.54) is 19.3 Å². The molecular weight excluding hydrogens is 627 g/mol. The largest absolute Gasteiger partial charge is 0.508 e. The molecule has 254 valence electrons. The van der Waals surface area contributed by atoms with Gasteiger partial charge >= 0.3 is 6.01 Å². The highest BCUT2D eigenvalue weighted by Crippen LogP contribution is 2.46. The van der Waals surface area contributed by atoms with E-state index in [0.29, 0.717) is 41.4 Å². The molecule has 4 aromatic rings. The summed E-state index contributed by atoms with van der Waals surface area (Å²) in [5.74, 6) is 0.686. The lowest BCUT2D eigenvalue weighted by Gasteiger charge is -2.47. The molecule has 0 amide bonds. The minimum absolute atomic E-state index is 0.0317. The normalized spacial score (nSPS) is 25.7. The summed E-state index contributed by atoms with van der Waals surface area (Å²) in [7, 11) is 0. The number of aromatic nitrogens is 2. The predicted molar refractivity (Wildman–Crippen MR) is 190 cm³/mol. The van der Waals surface area contributed by atoms with Crippen molar-refractivity contribution < 1.29 is 19.0 Å². The number of hydrogen-bond donors (Lipinski definition) is 1. The van der Waals surface area contributed by atoms with Crippen LogP contribution in [0.4, 0.5) is 10.2 Å². The zero-order valence-corrected chi connectivity index (χ0v) is 28.8. The standard InChI is InChI=1S/C39H46ClFN4O3/c1-3-26-10-6-8-24(2)19-44(26)37-32-18-33(40)34(31-17-29(46)16-25-9-4-5-11-30(25)31)35(41)36(32)42-38(43-37)48-23-39(14-7-15-39)22-45-27-12-13-28(45)21-47-20-27/h4-5,9,11,16-18,24,26-28,46H,3,6-8,10,12-15,19-23H2,1-2H3. The highest BCUT2D eigenvalue weighted by molar-refractivity contribution is 6.35. The van der Waals surface area contributed by atoms with Gasteiger partial charge in [0, 0.05) is 47.6 Å². The summed E-state index contributed by atoms with van der Waals surface area (Å²) in [6, 6.07) is 14.2. The Morgan fingerprint density at radius 3 is 2.56 bits per heavy atom. The highest BCUT2D eigenvalue weighted by Gasteiger charge is 2.46. The van der Waals surface area contributed by atoms with Gasteiger partial charge < -0.3 is 19.5 Å². The van der Waals surface area contributed by atoms with E-state index in [1.54, 1.807) is 12.1 Å². The third kappa shape index (κ3) is 5.77. The molecule has 3 aliphatic heterocycles. The van der Waals surface area contributed by atoms with Gasteiger partial charge in [0.2, 0.25) is 0 Å². The number of anilines is 1. The van der Waals surface area contributed by atoms with Crippen LogP contribution in [0.3, 0.4) is 0 Å². The number of morpholine rings is 1. The molecule has 9 heteroatoms. The second-order valence-electron chi connectivity index (χ2n) is 15.0. The smallest absolute Gasteiger partial charge is 0.319 e. The second-order valence-corrected chi connectivity index (χ2v) is 15.4. The van der Waals surface area contributed by atoms with Crippen molar-refractivity contribution in [1.29, 1.82) is 0 Å². The highest BCUT2D eigenvalue weighted by atomic mass is 35.5. The summed E-state index contributed by atoms with van der Waals surface area (Å²) in [4.78, 5) is 14.9. The molecule has 4 fully saturated rings. The van der Waals surface area contributed by atoms with Crippen molar-refractivity contribution in [2.75, 3.05) is 37.8 Å². The third-order valence-corrected chi connectivity index (χ3v) is 12.0. The lowest BCUT2D eigenvalue weighted by Crippen LogP contribution is -2.54. The van der Waals surface area contributed by atoms with Gasteiger partial charge in [-0.2, -0.15) is 9.97 Å². The number of benzene rings is 3. The van der Waals surface area contributed by atoms with Crippen molar-refractivity contribution in [3.05, 3.63) is 53.3 Å². The van der Waals surface area contributed by atoms with Crippen LogP contribution in [-0.2, 0) is 4.74 Å². The van der Waals surface area contributed by atoms with Crippen molar-refractivity contribution in [3.63, 3.8) is 0 Å². The van der Waals surface area contributed by atoms with Gasteiger partial charge in [0.15, 0.2) is 5.82 Å². The van der Waals surface area contributed by atoms with E-state index in [-0.39, 0.29) is 39.3 Å². The van der Waals surface area contributed by atoms with Gasteiger partial charge in [-0.05, 0) is 85.4 Å². The molecule has 7 nitrogen and oxygen atoms in total. The fourth-order valence-electron chi connectivity index (χ4n) is 8.91. The molecule has 1 aromatic heterocycles. The van der Waals surface area contributed by atoms with E-state index in [9.17, 15) is 5.11 Å². The molecule has 0 spiro atoms. The van der Waals surface area contributed by atoms with Crippen LogP contribution in [0, 0.1) is 17.2 Å². The minimum Gasteiger partial charge on any atom is -0.508 e. The lowest BCUT2D eigenvalue weighted by atomic mass is 9.69. The number of rotatable bonds is 8. The van der Waals surface area contributed by atoms with E-state index >= 15 is 4.39 Å². The minimum atomic E-state index is -0.527. The first-order chi connectivity index (χ1) is 23.3. The molecule has 3 saturated heterocycles. The Morgan fingerprint density at radius 1 is 1.02 bits per heavy atom. The number of ether oxygens (including phenoxy) is 2. The summed E-state index contributed by atoms with van der Waals surface area (Å²) in [6.45, 7) is 8.45. The zero-order chi connectivity index (χ0) is 33.0. The van der Waals surface area contributed by atoms with Crippen molar-refractivity contribution in [3.8, 4) is 22.9 Å². The van der Waals surface area contributed by atoms with Crippen molar-refractivity contribution >= 4 is 39.1 Å². The first kappa shape index (κ1) is 32.0. The predicted octanol–water partition coefficient (Wildman–Crippen LogP) is 8.77. The lowest BCUT2D eigenvalue weighted by molar-refractivity contribution is -0.0612. The fraction of sp³-hybridized carbons (Fsp3) is 0.538. The van der Waals surface area contributed by atoms with E-state index in [0.717, 1.165) is 75.6 Å². The maximum Gasteiger partial charge on any atom is 0.319 e. The number of fused-ring (bicyclic) bond motifs is 4. The Labute approximate surface area is 287 Å². The number of phenolic OH excluding ortho intramolecular Hbond substituents is 1. The van der Waals surface area contributed by atoms with Gasteiger partial charge in [0.1, 0.15) is 17.1 Å². The monoisotopic (exact) mass is 672 g/mol. The van der Waals surface area contributed by atoms with Crippen LogP contribution in [0.15, 0.2) is 42.5 Å². The van der Waals surface area contributed by atoms with Gasteiger partial charge in [-0.1, -0.05) is 62.6 Å². The maximum atomic E-state index is 17.1. The molecule has 8 rings (SSSR count). The van der Waals surface area contributed by atoms with Crippen LogP contribution in [0.1, 0.15) is 71.6 Å². The first-order valence-electron chi connectivity index (χ1n) is 18.0. The van der Waals surface area contributed by atoms with Crippen LogP contribution in [0.2, 0.25) is 5.02 Å². The number of halogens is 2. The summed E-state index contributed by atoms with van der Waals surface area (Å²) in [5, 5.41) is 13.1. The molecule has 3 aromatic carbocycles. The van der Waals surface area contributed by atoms with E-state index in [2.05, 4.69) is 23.6 Å². The van der Waals surface area contributed by atoms with Gasteiger partial charge in [0.25, 0.3) is 0 Å². The number of aromatic hydroxyl groups is 1. The fourth-order valence-corrected chi connectivity index (χ4v) is 9.20. The molecule has 2 bridgehead atoms. The van der Waals surface area contributed by atoms with E-state index in [1.807, 2.05) is 30.3 Å². The molecule has 4 aliphatic rings. The maximum absolute atomic E-state index is 17.1. The Kier molecular flexibility index (Phi) is 8.62. The van der Waals surface area contributed by atoms with Gasteiger partial charge in [-0.15, -0.1) is 0 Å². The summed E-state index contributed by atoms with van der Waals surface area (Å²) >= 11 is 7.01. The molecule has 1 saturated carbocycles. The Hall–Kier alpha value is -3.20. The quantitative estimate of drug-likeness (QED) is 0.201. The van der Waals surface area contributed by atoms with Crippen molar-refractivity contribution in [1.82, 2.24) is 14.9 Å². The molecule has 48 heavy (non-hydrogen) atoms. The van der Waals surface area contributed by atoms with Crippen LogP contribution >= 0.6 is 11.6 Å². The summed E-state index contributed by atoms with van der Waals surface area (Å²) in [6.07, 6.45) is 10.1. The zero-order valence-electron chi connectivity index (χ0n) is 28.1. The van der Waals surface area contributed by atoms with E-state index < -0.39 is 5.82 Å². The van der Waals surface area contributed by atoms with Gasteiger partial charge in [0.05, 0.1) is 24.8 Å².